The van der Waals surface area contributed by atoms with Crippen molar-refractivity contribution >= 4 is 22.5 Å². The third kappa shape index (κ3) is 1.86. The van der Waals surface area contributed by atoms with Crippen molar-refractivity contribution in [2.24, 2.45) is 0 Å². The molecule has 0 spiro atoms. The van der Waals surface area contributed by atoms with Crippen molar-refractivity contribution in [2.45, 2.75) is 13.8 Å². The molecule has 1 heterocycles. The van der Waals surface area contributed by atoms with E-state index in [4.69, 9.17) is 4.98 Å². The summed E-state index contributed by atoms with van der Waals surface area (Å²) in [5, 5.41) is 2.18. The van der Waals surface area contributed by atoms with Gasteiger partial charge in [0.05, 0.1) is 9.88 Å². The van der Waals surface area contributed by atoms with E-state index in [1.54, 1.807) is 11.3 Å². The fourth-order valence-electron chi connectivity index (χ4n) is 1.98. The summed E-state index contributed by atoms with van der Waals surface area (Å²) < 4.78 is 1.26. The van der Waals surface area contributed by atoms with Gasteiger partial charge in [-0.05, 0) is 37.1 Å². The van der Waals surface area contributed by atoms with Gasteiger partial charge in [0.1, 0.15) is 5.01 Å². The standard InChI is InChI=1S/C16H13NS/c1-11-7-6-8-12(2)15-14(11)17-16(18-15)13-9-4-3-5-10-13/h3-5,7-10H,1-2H3. The van der Waals surface area contributed by atoms with Crippen LogP contribution in [0.4, 0.5) is 0 Å². The lowest BCUT2D eigenvalue weighted by Gasteiger charge is -1.92. The second-order valence-electron chi connectivity index (χ2n) is 4.38. The Morgan fingerprint density at radius 1 is 1.00 bits per heavy atom. The lowest BCUT2D eigenvalue weighted by molar-refractivity contribution is 1.29. The topological polar surface area (TPSA) is 12.9 Å². The second kappa shape index (κ2) is 4.41. The van der Waals surface area contributed by atoms with Gasteiger partial charge in [-0.1, -0.05) is 30.3 Å². The number of nitrogens with zero attached hydrogens (tertiary/aromatic N) is 1. The highest BCUT2D eigenvalue weighted by Crippen LogP contribution is 2.18. The van der Waals surface area contributed by atoms with Gasteiger partial charge < -0.3 is 0 Å². The molecule has 0 amide bonds. The molecule has 0 N–H and O–H groups in total. The van der Waals surface area contributed by atoms with E-state index in [0.29, 0.717) is 0 Å². The van der Waals surface area contributed by atoms with E-state index in [-0.39, 0.29) is 0 Å². The van der Waals surface area contributed by atoms with E-state index in [0.717, 1.165) is 10.4 Å². The molecule has 0 aliphatic heterocycles. The van der Waals surface area contributed by atoms with Gasteiger partial charge >= 0.3 is 0 Å². The molecular weight excluding hydrogens is 238 g/mol. The minimum Gasteiger partial charge on any atom is -0.236 e. The normalized spacial score (nSPS) is 13.7. The first-order chi connectivity index (χ1) is 8.75. The second-order valence-corrected chi connectivity index (χ2v) is 5.38. The molecule has 0 fully saturated rings. The summed E-state index contributed by atoms with van der Waals surface area (Å²) in [5.41, 5.74) is 6.78. The largest absolute Gasteiger partial charge is 0.236 e. The van der Waals surface area contributed by atoms with Crippen LogP contribution in [0.25, 0.3) is 21.7 Å². The van der Waals surface area contributed by atoms with E-state index < -0.39 is 0 Å². The van der Waals surface area contributed by atoms with Crippen molar-refractivity contribution in [3.05, 3.63) is 58.1 Å². The monoisotopic (exact) mass is 251 g/mol. The molecule has 0 bridgehead atoms. The molecule has 0 radical (unpaired) electrons. The molecule has 0 atom stereocenters. The Morgan fingerprint density at radius 2 is 1.72 bits per heavy atom. The van der Waals surface area contributed by atoms with Gasteiger partial charge in [-0.2, -0.15) is 0 Å². The first-order valence-electron chi connectivity index (χ1n) is 5.92. The van der Waals surface area contributed by atoms with Crippen LogP contribution in [0.15, 0.2) is 48.2 Å². The lowest BCUT2D eigenvalue weighted by atomic mass is 10.2. The molecule has 0 unspecified atom stereocenters. The van der Waals surface area contributed by atoms with Gasteiger partial charge in [0.15, 0.2) is 0 Å². The maximum Gasteiger partial charge on any atom is 0.124 e. The molecule has 1 aromatic heterocycles. The number of fused-ring (bicyclic) bond motifs is 1. The molecule has 1 nitrogen and oxygen atoms in total. The van der Waals surface area contributed by atoms with Crippen molar-refractivity contribution < 1.29 is 0 Å². The van der Waals surface area contributed by atoms with Crippen LogP contribution in [-0.4, -0.2) is 4.98 Å². The quantitative estimate of drug-likeness (QED) is 0.710. The Morgan fingerprint density at radius 3 is 2.50 bits per heavy atom. The molecule has 1 aliphatic carbocycles. The van der Waals surface area contributed by atoms with Gasteiger partial charge in [-0.15, -0.1) is 17.1 Å². The molecule has 1 aromatic carbocycles. The average Bonchev–Trinajstić information content (AvgIpc) is 2.80. The van der Waals surface area contributed by atoms with E-state index >= 15 is 0 Å². The molecule has 88 valence electrons. The van der Waals surface area contributed by atoms with E-state index in [1.165, 1.54) is 21.2 Å². The third-order valence-corrected chi connectivity index (χ3v) is 4.22. The van der Waals surface area contributed by atoms with Crippen LogP contribution in [0, 0.1) is 0 Å². The number of aromatic nitrogens is 1. The highest BCUT2D eigenvalue weighted by molar-refractivity contribution is 7.13. The fraction of sp³-hybridized carbons (Fsp3) is 0.125. The Kier molecular flexibility index (Phi) is 2.75. The Balaban J connectivity index is 2.33. The summed E-state index contributed by atoms with van der Waals surface area (Å²) in [4.78, 5) is 4.78. The third-order valence-electron chi connectivity index (χ3n) is 2.98. The van der Waals surface area contributed by atoms with Crippen LogP contribution in [0.5, 0.6) is 0 Å². The summed E-state index contributed by atoms with van der Waals surface area (Å²) in [5.74, 6) is 0. The van der Waals surface area contributed by atoms with Gasteiger partial charge in [0.2, 0.25) is 0 Å². The number of hydrogen-bond donors (Lipinski definition) is 0. The number of thiazole rings is 1. The highest BCUT2D eigenvalue weighted by atomic mass is 32.1. The molecule has 0 saturated carbocycles. The zero-order valence-electron chi connectivity index (χ0n) is 10.4. The van der Waals surface area contributed by atoms with Gasteiger partial charge in [0, 0.05) is 5.56 Å². The van der Waals surface area contributed by atoms with E-state index in [9.17, 15) is 0 Å². The lowest BCUT2D eigenvalue weighted by Crippen LogP contribution is -2.24. The SMILES string of the molecule is CC1=c2nc(-c3ccccc3)sc2=C(C)C=C=C1. The molecule has 0 saturated heterocycles. The predicted octanol–water partition coefficient (Wildman–Crippen LogP) is 2.88. The fourth-order valence-corrected chi connectivity index (χ4v) is 3.09. The van der Waals surface area contributed by atoms with Crippen molar-refractivity contribution in [3.8, 4) is 10.6 Å². The van der Waals surface area contributed by atoms with Crippen molar-refractivity contribution in [2.75, 3.05) is 0 Å². The van der Waals surface area contributed by atoms with E-state index in [2.05, 4.69) is 43.8 Å². The average molecular weight is 251 g/mol. The zero-order valence-corrected chi connectivity index (χ0v) is 11.2. The molecule has 3 rings (SSSR count). The number of rotatable bonds is 1. The molecule has 2 heteroatoms. The van der Waals surface area contributed by atoms with Crippen LogP contribution >= 0.6 is 11.3 Å². The van der Waals surface area contributed by atoms with Crippen molar-refractivity contribution in [3.63, 3.8) is 0 Å². The summed E-state index contributed by atoms with van der Waals surface area (Å²) in [6, 6.07) is 10.3. The Hall–Kier alpha value is -1.89. The molecule has 18 heavy (non-hydrogen) atoms. The van der Waals surface area contributed by atoms with Crippen LogP contribution in [-0.2, 0) is 0 Å². The summed E-state index contributed by atoms with van der Waals surface area (Å²) >= 11 is 1.75. The van der Waals surface area contributed by atoms with Gasteiger partial charge in [-0.3, -0.25) is 0 Å². The maximum atomic E-state index is 4.78. The minimum atomic E-state index is 1.09. The molecule has 1 aliphatic rings. The van der Waals surface area contributed by atoms with Gasteiger partial charge in [-0.25, -0.2) is 4.98 Å². The summed E-state index contributed by atoms with van der Waals surface area (Å²) in [7, 11) is 0. The van der Waals surface area contributed by atoms with Crippen molar-refractivity contribution in [1.29, 1.82) is 0 Å². The number of allylic oxidation sites excluding steroid dienone is 1. The van der Waals surface area contributed by atoms with Crippen LogP contribution in [0.2, 0.25) is 0 Å². The van der Waals surface area contributed by atoms with Crippen LogP contribution in [0.3, 0.4) is 0 Å². The van der Waals surface area contributed by atoms with Crippen LogP contribution in [0.1, 0.15) is 13.8 Å². The number of benzene rings is 1. The van der Waals surface area contributed by atoms with E-state index in [1.807, 2.05) is 18.2 Å². The summed E-state index contributed by atoms with van der Waals surface area (Å²) in [6.07, 6.45) is 4.03. The summed E-state index contributed by atoms with van der Waals surface area (Å²) in [6.45, 7) is 4.21. The predicted molar refractivity (Wildman–Crippen MR) is 77.6 cm³/mol. The van der Waals surface area contributed by atoms with Crippen LogP contribution < -0.4 is 9.88 Å². The first-order valence-corrected chi connectivity index (χ1v) is 6.74. The van der Waals surface area contributed by atoms with Gasteiger partial charge in [0.25, 0.3) is 0 Å². The Labute approximate surface area is 110 Å². The Bertz CT molecular complexity index is 729. The molecule has 2 aromatic rings. The minimum absolute atomic E-state index is 1.09. The number of hydrogen-bond acceptors (Lipinski definition) is 2. The first kappa shape index (κ1) is 11.2. The maximum absolute atomic E-state index is 4.78. The molecular formula is C16H13NS. The zero-order chi connectivity index (χ0) is 12.5. The smallest absolute Gasteiger partial charge is 0.124 e. The van der Waals surface area contributed by atoms with Crippen molar-refractivity contribution in [1.82, 2.24) is 4.98 Å². The highest BCUT2D eigenvalue weighted by Gasteiger charge is 2.06.